The first kappa shape index (κ1) is 22.2. The molecule has 0 N–H and O–H groups in total. The lowest BCUT2D eigenvalue weighted by atomic mass is 10.2. The maximum atomic E-state index is 12.7. The number of ether oxygens (including phenoxy) is 1. The Morgan fingerprint density at radius 2 is 1.68 bits per heavy atom. The summed E-state index contributed by atoms with van der Waals surface area (Å²) in [6.45, 7) is 7.50. The zero-order chi connectivity index (χ0) is 20.5. The number of piperazine rings is 1. The van der Waals surface area contributed by atoms with Crippen molar-refractivity contribution in [2.45, 2.75) is 19.9 Å². The van der Waals surface area contributed by atoms with Crippen molar-refractivity contribution in [3.63, 3.8) is 0 Å². The monoisotopic (exact) mass is 390 g/mol. The number of likely N-dealkylation sites (N-methyl/N-ethyl adjacent to an activating group) is 1. The van der Waals surface area contributed by atoms with Gasteiger partial charge in [0.2, 0.25) is 11.8 Å². The Balaban J connectivity index is 1.80. The summed E-state index contributed by atoms with van der Waals surface area (Å²) < 4.78 is 5.20. The summed E-state index contributed by atoms with van der Waals surface area (Å²) in [6.07, 6.45) is 0.920. The van der Waals surface area contributed by atoms with Gasteiger partial charge in [0, 0.05) is 46.8 Å². The highest BCUT2D eigenvalue weighted by Crippen LogP contribution is 2.14. The molecule has 0 aliphatic carbocycles. The van der Waals surface area contributed by atoms with E-state index in [1.165, 1.54) is 5.56 Å². The second kappa shape index (κ2) is 11.0. The van der Waals surface area contributed by atoms with Crippen LogP contribution >= 0.6 is 0 Å². The molecule has 1 aliphatic heterocycles. The highest BCUT2D eigenvalue weighted by Gasteiger charge is 2.23. The fourth-order valence-electron chi connectivity index (χ4n) is 3.30. The van der Waals surface area contributed by atoms with E-state index in [4.69, 9.17) is 4.74 Å². The summed E-state index contributed by atoms with van der Waals surface area (Å²) >= 11 is 0. The van der Waals surface area contributed by atoms with Crippen LogP contribution in [0.15, 0.2) is 24.3 Å². The van der Waals surface area contributed by atoms with E-state index < -0.39 is 0 Å². The third kappa shape index (κ3) is 6.80. The smallest absolute Gasteiger partial charge is 0.236 e. The molecule has 1 saturated heterocycles. The first-order chi connectivity index (χ1) is 13.4. The van der Waals surface area contributed by atoms with Crippen molar-refractivity contribution < 1.29 is 14.3 Å². The maximum absolute atomic E-state index is 12.7. The van der Waals surface area contributed by atoms with Crippen molar-refractivity contribution in [3.8, 4) is 5.75 Å². The van der Waals surface area contributed by atoms with Gasteiger partial charge in [-0.25, -0.2) is 0 Å². The van der Waals surface area contributed by atoms with Crippen LogP contribution < -0.4 is 4.74 Å². The van der Waals surface area contributed by atoms with Gasteiger partial charge in [-0.2, -0.15) is 0 Å². The van der Waals surface area contributed by atoms with Gasteiger partial charge in [0.05, 0.1) is 20.2 Å². The normalized spacial score (nSPS) is 15.0. The summed E-state index contributed by atoms with van der Waals surface area (Å²) in [7, 11) is 5.16. The van der Waals surface area contributed by atoms with Crippen LogP contribution in [-0.2, 0) is 16.1 Å². The first-order valence-electron chi connectivity index (χ1n) is 9.98. The van der Waals surface area contributed by atoms with Gasteiger partial charge in [0.25, 0.3) is 0 Å². The number of rotatable bonds is 9. The molecule has 1 aliphatic rings. The van der Waals surface area contributed by atoms with E-state index in [2.05, 4.69) is 24.0 Å². The molecule has 0 spiro atoms. The topological polar surface area (TPSA) is 56.3 Å². The summed E-state index contributed by atoms with van der Waals surface area (Å²) in [6, 6.07) is 8.13. The van der Waals surface area contributed by atoms with E-state index >= 15 is 0 Å². The minimum Gasteiger partial charge on any atom is -0.497 e. The minimum atomic E-state index is 0.0329. The van der Waals surface area contributed by atoms with Crippen LogP contribution in [0.25, 0.3) is 0 Å². The molecule has 0 aromatic heterocycles. The number of benzene rings is 1. The van der Waals surface area contributed by atoms with Crippen molar-refractivity contribution in [2.24, 2.45) is 0 Å². The molecule has 0 radical (unpaired) electrons. The summed E-state index contributed by atoms with van der Waals surface area (Å²) in [5, 5.41) is 0. The second-order valence-electron chi connectivity index (χ2n) is 7.50. The molecule has 1 aromatic rings. The Morgan fingerprint density at radius 1 is 1.04 bits per heavy atom. The summed E-state index contributed by atoms with van der Waals surface area (Å²) in [5.41, 5.74) is 1.25. The molecular formula is C21H34N4O3. The average Bonchev–Trinajstić information content (AvgIpc) is 2.69. The fraction of sp³-hybridized carbons (Fsp3) is 0.619. The Hall–Kier alpha value is -2.12. The zero-order valence-electron chi connectivity index (χ0n) is 17.7. The number of carbonyl (C=O) groups is 2. The van der Waals surface area contributed by atoms with Crippen molar-refractivity contribution in [1.82, 2.24) is 19.6 Å². The molecule has 28 heavy (non-hydrogen) atoms. The SMILES string of the molecule is CCCN(CC(=O)N(C)C)CC(=O)N1CCN(Cc2ccc(OC)cc2)CC1. The van der Waals surface area contributed by atoms with Crippen LogP contribution in [0.5, 0.6) is 5.75 Å². The van der Waals surface area contributed by atoms with E-state index in [0.717, 1.165) is 51.4 Å². The summed E-state index contributed by atoms with van der Waals surface area (Å²) in [5.74, 6) is 1.01. The van der Waals surface area contributed by atoms with Crippen LogP contribution in [0.3, 0.4) is 0 Å². The molecule has 0 unspecified atom stereocenters. The largest absolute Gasteiger partial charge is 0.497 e. The van der Waals surface area contributed by atoms with Crippen molar-refractivity contribution in [1.29, 1.82) is 0 Å². The van der Waals surface area contributed by atoms with E-state index in [-0.39, 0.29) is 11.8 Å². The summed E-state index contributed by atoms with van der Waals surface area (Å²) in [4.78, 5) is 32.5. The van der Waals surface area contributed by atoms with Crippen molar-refractivity contribution in [3.05, 3.63) is 29.8 Å². The molecule has 0 bridgehead atoms. The average molecular weight is 391 g/mol. The molecule has 1 fully saturated rings. The predicted octanol–water partition coefficient (Wildman–Crippen LogP) is 1.14. The highest BCUT2D eigenvalue weighted by atomic mass is 16.5. The lowest BCUT2D eigenvalue weighted by Gasteiger charge is -2.36. The molecule has 7 heteroatoms. The number of hydrogen-bond donors (Lipinski definition) is 0. The van der Waals surface area contributed by atoms with E-state index in [1.54, 1.807) is 26.1 Å². The molecule has 2 amide bonds. The Morgan fingerprint density at radius 3 is 2.21 bits per heavy atom. The molecule has 7 nitrogen and oxygen atoms in total. The zero-order valence-corrected chi connectivity index (χ0v) is 17.7. The van der Waals surface area contributed by atoms with Crippen molar-refractivity contribution >= 4 is 11.8 Å². The van der Waals surface area contributed by atoms with Gasteiger partial charge in [-0.1, -0.05) is 19.1 Å². The van der Waals surface area contributed by atoms with Crippen LogP contribution in [0.1, 0.15) is 18.9 Å². The van der Waals surface area contributed by atoms with Gasteiger partial charge < -0.3 is 14.5 Å². The van der Waals surface area contributed by atoms with E-state index in [9.17, 15) is 9.59 Å². The molecule has 2 rings (SSSR count). The number of methoxy groups -OCH3 is 1. The minimum absolute atomic E-state index is 0.0329. The predicted molar refractivity (Wildman–Crippen MR) is 110 cm³/mol. The van der Waals surface area contributed by atoms with E-state index in [0.29, 0.717) is 13.1 Å². The fourth-order valence-corrected chi connectivity index (χ4v) is 3.30. The molecule has 156 valence electrons. The van der Waals surface area contributed by atoms with Gasteiger partial charge in [-0.15, -0.1) is 0 Å². The number of amides is 2. The van der Waals surface area contributed by atoms with Gasteiger partial charge in [0.1, 0.15) is 5.75 Å². The number of nitrogens with zero attached hydrogens (tertiary/aromatic N) is 4. The second-order valence-corrected chi connectivity index (χ2v) is 7.50. The van der Waals surface area contributed by atoms with Crippen LogP contribution in [0.4, 0.5) is 0 Å². The van der Waals surface area contributed by atoms with Gasteiger partial charge in [-0.3, -0.25) is 19.4 Å². The number of carbonyl (C=O) groups excluding carboxylic acids is 2. The van der Waals surface area contributed by atoms with Crippen LogP contribution in [-0.4, -0.2) is 98.4 Å². The first-order valence-corrected chi connectivity index (χ1v) is 9.98. The maximum Gasteiger partial charge on any atom is 0.236 e. The Kier molecular flexibility index (Phi) is 8.73. The Bertz CT molecular complexity index is 625. The van der Waals surface area contributed by atoms with Crippen LogP contribution in [0, 0.1) is 0 Å². The lowest BCUT2D eigenvalue weighted by molar-refractivity contribution is -0.136. The quantitative estimate of drug-likeness (QED) is 0.633. The van der Waals surface area contributed by atoms with E-state index in [1.807, 2.05) is 21.9 Å². The third-order valence-electron chi connectivity index (χ3n) is 5.05. The molecular weight excluding hydrogens is 356 g/mol. The third-order valence-corrected chi connectivity index (χ3v) is 5.05. The van der Waals surface area contributed by atoms with Crippen molar-refractivity contribution in [2.75, 3.05) is 67.0 Å². The standard InChI is InChI=1S/C21H34N4O3/c1-5-10-24(16-20(26)22(2)3)17-21(27)25-13-11-23(12-14-25)15-18-6-8-19(28-4)9-7-18/h6-9H,5,10-17H2,1-4H3. The van der Waals surface area contributed by atoms with Gasteiger partial charge in [0.15, 0.2) is 0 Å². The van der Waals surface area contributed by atoms with Crippen LogP contribution in [0.2, 0.25) is 0 Å². The molecule has 0 atom stereocenters. The number of hydrogen-bond acceptors (Lipinski definition) is 5. The van der Waals surface area contributed by atoms with Gasteiger partial charge in [-0.05, 0) is 30.7 Å². The molecule has 1 heterocycles. The van der Waals surface area contributed by atoms with Gasteiger partial charge >= 0.3 is 0 Å². The Labute approximate surface area is 168 Å². The highest BCUT2D eigenvalue weighted by molar-refractivity contribution is 5.81. The molecule has 0 saturated carbocycles. The molecule has 1 aromatic carbocycles. The lowest BCUT2D eigenvalue weighted by Crippen LogP contribution is -2.51.